The summed E-state index contributed by atoms with van der Waals surface area (Å²) in [6.45, 7) is 0. The van der Waals surface area contributed by atoms with Crippen molar-refractivity contribution >= 4 is 11.1 Å². The highest BCUT2D eigenvalue weighted by atomic mass is 32.2. The molecule has 96 valence electrons. The summed E-state index contributed by atoms with van der Waals surface area (Å²) in [5.74, 6) is 0. The van der Waals surface area contributed by atoms with Gasteiger partial charge in [-0.05, 0) is 29.3 Å². The Kier molecular flexibility index (Phi) is 3.53. The van der Waals surface area contributed by atoms with Crippen molar-refractivity contribution in [1.29, 1.82) is 0 Å². The lowest BCUT2D eigenvalue weighted by Crippen LogP contribution is -2.13. The molecule has 0 bridgehead atoms. The molecule has 1 aromatic carbocycles. The lowest BCUT2D eigenvalue weighted by molar-refractivity contribution is -0.143. The number of rotatable bonds is 1. The highest BCUT2D eigenvalue weighted by Gasteiger charge is 2.37. The van der Waals surface area contributed by atoms with Gasteiger partial charge in [0.1, 0.15) is 0 Å². The largest absolute Gasteiger partial charge is 0.768 e. The zero-order chi connectivity index (χ0) is 13.4. The predicted octanol–water partition coefficient (Wildman–Crippen LogP) is 2.96. The van der Waals surface area contributed by atoms with Gasteiger partial charge in [0, 0.05) is 4.90 Å². The van der Waals surface area contributed by atoms with Crippen LogP contribution in [0.25, 0.3) is 0 Å². The van der Waals surface area contributed by atoms with Gasteiger partial charge in [-0.1, -0.05) is 0 Å². The first kappa shape index (κ1) is 14.0. The minimum absolute atomic E-state index is 0.0497. The molecule has 0 saturated heterocycles. The Hall–Kier alpha value is -1.09. The fourth-order valence-corrected chi connectivity index (χ4v) is 1.66. The summed E-state index contributed by atoms with van der Waals surface area (Å²) >= 11 is -3.40. The van der Waals surface area contributed by atoms with Gasteiger partial charge in [-0.3, -0.25) is 4.21 Å². The number of halogens is 6. The maximum atomic E-state index is 12.3. The summed E-state index contributed by atoms with van der Waals surface area (Å²) in [6, 6.07) is 0.221. The van der Waals surface area contributed by atoms with E-state index in [1.165, 1.54) is 0 Å². The van der Waals surface area contributed by atoms with Crippen molar-refractivity contribution in [3.63, 3.8) is 0 Å². The van der Waals surface area contributed by atoms with Crippen LogP contribution in [-0.4, -0.2) is 8.76 Å². The van der Waals surface area contributed by atoms with Crippen LogP contribution < -0.4 is 0 Å². The summed E-state index contributed by atoms with van der Waals surface area (Å²) in [4.78, 5) is -1.42. The normalized spacial score (nSPS) is 14.8. The number of hydrogen-bond donors (Lipinski definition) is 0. The summed E-state index contributed by atoms with van der Waals surface area (Å²) in [6.07, 6.45) is -9.93. The van der Waals surface area contributed by atoms with E-state index in [0.29, 0.717) is 0 Å². The van der Waals surface area contributed by atoms with E-state index in [4.69, 9.17) is 0 Å². The average Bonchev–Trinajstić information content (AvgIpc) is 2.14. The van der Waals surface area contributed by atoms with Gasteiger partial charge >= 0.3 is 12.4 Å². The molecule has 0 aromatic heterocycles. The van der Waals surface area contributed by atoms with Crippen molar-refractivity contribution in [3.8, 4) is 0 Å². The summed E-state index contributed by atoms with van der Waals surface area (Å²) < 4.78 is 94.3. The molecule has 9 heteroatoms. The molecule has 17 heavy (non-hydrogen) atoms. The van der Waals surface area contributed by atoms with E-state index in [0.717, 1.165) is 0 Å². The van der Waals surface area contributed by atoms with Crippen molar-refractivity contribution in [1.82, 2.24) is 0 Å². The highest BCUT2D eigenvalue weighted by Crippen LogP contribution is 2.37. The topological polar surface area (TPSA) is 40.1 Å². The van der Waals surface area contributed by atoms with Crippen LogP contribution >= 0.6 is 0 Å². The van der Waals surface area contributed by atoms with Crippen molar-refractivity contribution in [3.05, 3.63) is 29.3 Å². The van der Waals surface area contributed by atoms with E-state index >= 15 is 0 Å². The molecule has 0 radical (unpaired) electrons. The standard InChI is InChI=1S/C8H4F6O2S/c9-7(10,11)4-1-2-5(8(12,13)14)6(3-4)17(15)16/h1-3H,(H,15,16)/p-1. The smallest absolute Gasteiger partial charge is 0.417 e. The molecule has 1 aromatic rings. The molecule has 0 fully saturated rings. The molecule has 0 aliphatic carbocycles. The van der Waals surface area contributed by atoms with Gasteiger partial charge in [-0.25, -0.2) is 0 Å². The molecule has 0 heterocycles. The van der Waals surface area contributed by atoms with Crippen LogP contribution in [0, 0.1) is 0 Å². The van der Waals surface area contributed by atoms with Gasteiger partial charge in [0.25, 0.3) is 0 Å². The van der Waals surface area contributed by atoms with Crippen LogP contribution in [0.5, 0.6) is 0 Å². The van der Waals surface area contributed by atoms with Gasteiger partial charge in [0.15, 0.2) is 0 Å². The van der Waals surface area contributed by atoms with E-state index in [-0.39, 0.29) is 18.2 Å². The molecule has 1 rings (SSSR count). The molecule has 1 unspecified atom stereocenters. The Morgan fingerprint density at radius 2 is 1.53 bits per heavy atom. The third-order valence-corrected chi connectivity index (χ3v) is 2.49. The van der Waals surface area contributed by atoms with Crippen LogP contribution in [-0.2, 0) is 23.4 Å². The lowest BCUT2D eigenvalue weighted by Gasteiger charge is -2.16. The zero-order valence-corrected chi connectivity index (χ0v) is 8.54. The number of alkyl halides is 6. The van der Waals surface area contributed by atoms with E-state index < -0.39 is 39.5 Å². The summed E-state index contributed by atoms with van der Waals surface area (Å²) in [5, 5.41) is 0. The first-order valence-electron chi connectivity index (χ1n) is 3.91. The molecule has 0 spiro atoms. The fourth-order valence-electron chi connectivity index (χ4n) is 1.07. The van der Waals surface area contributed by atoms with Gasteiger partial charge in [-0.2, -0.15) is 26.3 Å². The summed E-state index contributed by atoms with van der Waals surface area (Å²) in [7, 11) is 0. The van der Waals surface area contributed by atoms with Gasteiger partial charge in [0.05, 0.1) is 11.1 Å². The van der Waals surface area contributed by atoms with E-state index in [9.17, 15) is 35.1 Å². The molecule has 1 atom stereocenters. The Bertz CT molecular complexity index is 450. The molecular weight excluding hydrogens is 274 g/mol. The lowest BCUT2D eigenvalue weighted by atomic mass is 10.1. The second-order valence-corrected chi connectivity index (χ2v) is 3.85. The van der Waals surface area contributed by atoms with Crippen LogP contribution in [0.4, 0.5) is 26.3 Å². The Balaban J connectivity index is 3.43. The molecule has 0 amide bonds. The van der Waals surface area contributed by atoms with Crippen molar-refractivity contribution in [2.45, 2.75) is 17.2 Å². The second kappa shape index (κ2) is 4.30. The molecular formula is C8H3F6O2S-. The highest BCUT2D eigenvalue weighted by molar-refractivity contribution is 7.79. The maximum Gasteiger partial charge on any atom is 0.417 e. The molecule has 0 saturated carbocycles. The summed E-state index contributed by atoms with van der Waals surface area (Å²) in [5.41, 5.74) is -3.08. The first-order valence-corrected chi connectivity index (χ1v) is 4.98. The van der Waals surface area contributed by atoms with Crippen molar-refractivity contribution < 1.29 is 35.1 Å². The number of hydrogen-bond acceptors (Lipinski definition) is 2. The Morgan fingerprint density at radius 3 is 1.88 bits per heavy atom. The average molecular weight is 277 g/mol. The van der Waals surface area contributed by atoms with Gasteiger partial charge in [-0.15, -0.1) is 0 Å². The molecule has 0 aliphatic heterocycles. The quantitative estimate of drug-likeness (QED) is 0.585. The van der Waals surface area contributed by atoms with Crippen molar-refractivity contribution in [2.24, 2.45) is 0 Å². The second-order valence-electron chi connectivity index (χ2n) is 2.94. The van der Waals surface area contributed by atoms with Gasteiger partial charge in [0.2, 0.25) is 0 Å². The Morgan fingerprint density at radius 1 is 1.00 bits per heavy atom. The van der Waals surface area contributed by atoms with Crippen LogP contribution in [0.3, 0.4) is 0 Å². The predicted molar refractivity (Wildman–Crippen MR) is 43.6 cm³/mol. The van der Waals surface area contributed by atoms with Gasteiger partial charge < -0.3 is 4.55 Å². The monoisotopic (exact) mass is 277 g/mol. The minimum atomic E-state index is -5.03. The van der Waals surface area contributed by atoms with Crippen LogP contribution in [0.2, 0.25) is 0 Å². The third kappa shape index (κ3) is 3.19. The van der Waals surface area contributed by atoms with E-state index in [2.05, 4.69) is 0 Å². The zero-order valence-electron chi connectivity index (χ0n) is 7.72. The number of benzene rings is 1. The first-order chi connectivity index (χ1) is 7.53. The van der Waals surface area contributed by atoms with Crippen LogP contribution in [0.15, 0.2) is 23.1 Å². The minimum Gasteiger partial charge on any atom is -0.768 e. The Labute approximate surface area is 93.5 Å². The molecule has 2 nitrogen and oxygen atoms in total. The van der Waals surface area contributed by atoms with E-state index in [1.54, 1.807) is 0 Å². The van der Waals surface area contributed by atoms with E-state index in [1.807, 2.05) is 0 Å². The van der Waals surface area contributed by atoms with Crippen LogP contribution in [0.1, 0.15) is 11.1 Å². The fraction of sp³-hybridized carbons (Fsp3) is 0.250. The molecule has 0 aliphatic rings. The van der Waals surface area contributed by atoms with Crippen molar-refractivity contribution in [2.75, 3.05) is 0 Å². The SMILES string of the molecule is O=S([O-])c1cc(C(F)(F)F)ccc1C(F)(F)F. The molecule has 0 N–H and O–H groups in total. The maximum absolute atomic E-state index is 12.3. The third-order valence-electron chi connectivity index (χ3n) is 1.79.